The van der Waals surface area contributed by atoms with Crippen molar-refractivity contribution in [1.82, 2.24) is 19.9 Å². The van der Waals surface area contributed by atoms with Gasteiger partial charge in [0.15, 0.2) is 11.5 Å². The Labute approximate surface area is 168 Å². The third kappa shape index (κ3) is 3.17. The first-order valence-corrected chi connectivity index (χ1v) is 9.76. The van der Waals surface area contributed by atoms with Crippen LogP contribution >= 0.6 is 0 Å². The molecule has 6 nitrogen and oxygen atoms in total. The van der Waals surface area contributed by atoms with Crippen LogP contribution in [0.25, 0.3) is 17.0 Å². The minimum absolute atomic E-state index is 0.0227. The van der Waals surface area contributed by atoms with Crippen LogP contribution in [-0.2, 0) is 13.0 Å². The van der Waals surface area contributed by atoms with E-state index in [0.29, 0.717) is 17.8 Å². The van der Waals surface area contributed by atoms with Gasteiger partial charge in [0.05, 0.1) is 11.6 Å². The summed E-state index contributed by atoms with van der Waals surface area (Å²) in [5.41, 5.74) is 11.6. The number of carbonyl (C=O) groups excluding carboxylic acids is 1. The summed E-state index contributed by atoms with van der Waals surface area (Å²) in [6, 6.07) is 19.8. The molecule has 1 unspecified atom stereocenters. The minimum Gasteiger partial charge on any atom is -0.345 e. The van der Waals surface area contributed by atoms with Crippen molar-refractivity contribution in [1.29, 1.82) is 0 Å². The monoisotopic (exact) mass is 383 g/mol. The predicted octanol–water partition coefficient (Wildman–Crippen LogP) is 3.27. The zero-order valence-electron chi connectivity index (χ0n) is 15.9. The lowest BCUT2D eigenvalue weighted by molar-refractivity contribution is 0.0936. The van der Waals surface area contributed by atoms with Crippen molar-refractivity contribution < 1.29 is 4.79 Å². The number of fused-ring (bicyclic) bond motifs is 2. The Morgan fingerprint density at radius 3 is 2.79 bits per heavy atom. The summed E-state index contributed by atoms with van der Waals surface area (Å²) in [5, 5.41) is 11.7. The predicted molar refractivity (Wildman–Crippen MR) is 111 cm³/mol. The Morgan fingerprint density at radius 2 is 1.97 bits per heavy atom. The number of nitrogens with one attached hydrogen (secondary N) is 1. The van der Waals surface area contributed by atoms with E-state index in [1.54, 1.807) is 12.3 Å². The fraction of sp³-hybridized carbons (Fsp3) is 0.174. The van der Waals surface area contributed by atoms with E-state index >= 15 is 0 Å². The van der Waals surface area contributed by atoms with E-state index in [1.165, 1.54) is 11.1 Å². The van der Waals surface area contributed by atoms with Crippen LogP contribution in [-0.4, -0.2) is 20.5 Å². The number of hydrogen-bond donors (Lipinski definition) is 2. The number of nitrogens with zero attached hydrogens (tertiary/aromatic N) is 3. The van der Waals surface area contributed by atoms with Crippen LogP contribution in [0.5, 0.6) is 0 Å². The Bertz CT molecular complexity index is 1200. The summed E-state index contributed by atoms with van der Waals surface area (Å²) >= 11 is 0. The highest BCUT2D eigenvalue weighted by Crippen LogP contribution is 2.32. The van der Waals surface area contributed by atoms with Gasteiger partial charge in [0.2, 0.25) is 0 Å². The first-order chi connectivity index (χ1) is 14.2. The van der Waals surface area contributed by atoms with Crippen LogP contribution in [0.2, 0.25) is 0 Å². The normalized spacial score (nSPS) is 15.4. The molecule has 5 rings (SSSR count). The van der Waals surface area contributed by atoms with Crippen molar-refractivity contribution in [2.75, 3.05) is 0 Å². The van der Waals surface area contributed by atoms with Gasteiger partial charge in [-0.1, -0.05) is 48.5 Å². The maximum absolute atomic E-state index is 13.0. The highest BCUT2D eigenvalue weighted by Gasteiger charge is 2.24. The zero-order chi connectivity index (χ0) is 19.8. The molecule has 0 saturated carbocycles. The van der Waals surface area contributed by atoms with E-state index in [2.05, 4.69) is 27.6 Å². The molecule has 0 aliphatic heterocycles. The Morgan fingerprint density at radius 1 is 1.10 bits per heavy atom. The van der Waals surface area contributed by atoms with Crippen molar-refractivity contribution in [3.63, 3.8) is 0 Å². The maximum Gasteiger partial charge on any atom is 0.253 e. The fourth-order valence-electron chi connectivity index (χ4n) is 4.00. The first kappa shape index (κ1) is 17.6. The minimum atomic E-state index is -0.0969. The summed E-state index contributed by atoms with van der Waals surface area (Å²) in [7, 11) is 0. The zero-order valence-corrected chi connectivity index (χ0v) is 15.9. The molecule has 0 saturated heterocycles. The number of amides is 1. The van der Waals surface area contributed by atoms with Crippen LogP contribution in [0.1, 0.15) is 39.5 Å². The number of nitrogens with two attached hydrogens (primary N) is 1. The van der Waals surface area contributed by atoms with Gasteiger partial charge >= 0.3 is 0 Å². The van der Waals surface area contributed by atoms with E-state index in [4.69, 9.17) is 5.73 Å². The van der Waals surface area contributed by atoms with Crippen LogP contribution in [0.4, 0.5) is 0 Å². The summed E-state index contributed by atoms with van der Waals surface area (Å²) in [6.45, 7) is 0.535. The van der Waals surface area contributed by atoms with Crippen LogP contribution in [0.15, 0.2) is 66.9 Å². The van der Waals surface area contributed by atoms with Gasteiger partial charge in [0, 0.05) is 18.3 Å². The van der Waals surface area contributed by atoms with Crippen molar-refractivity contribution in [2.45, 2.75) is 25.4 Å². The second-order valence-electron chi connectivity index (χ2n) is 7.34. The molecule has 0 spiro atoms. The lowest BCUT2D eigenvalue weighted by Gasteiger charge is -2.15. The van der Waals surface area contributed by atoms with Gasteiger partial charge in [-0.3, -0.25) is 9.20 Å². The van der Waals surface area contributed by atoms with Gasteiger partial charge in [-0.2, -0.15) is 0 Å². The number of carbonyl (C=O) groups is 1. The second kappa shape index (κ2) is 7.14. The quantitative estimate of drug-likeness (QED) is 0.566. The highest BCUT2D eigenvalue weighted by molar-refractivity contribution is 5.94. The molecule has 2 aromatic carbocycles. The molecule has 1 amide bonds. The third-order valence-corrected chi connectivity index (χ3v) is 5.52. The molecule has 0 radical (unpaired) electrons. The van der Waals surface area contributed by atoms with E-state index in [9.17, 15) is 4.79 Å². The largest absolute Gasteiger partial charge is 0.345 e. The number of benzene rings is 2. The van der Waals surface area contributed by atoms with Crippen molar-refractivity contribution in [3.8, 4) is 11.4 Å². The van der Waals surface area contributed by atoms with Gasteiger partial charge in [-0.25, -0.2) is 0 Å². The van der Waals surface area contributed by atoms with Gasteiger partial charge in [0.25, 0.3) is 5.91 Å². The average Bonchev–Trinajstić information content (AvgIpc) is 3.37. The van der Waals surface area contributed by atoms with Crippen LogP contribution in [0.3, 0.4) is 0 Å². The lowest BCUT2D eigenvalue weighted by Crippen LogP contribution is -2.27. The summed E-state index contributed by atoms with van der Waals surface area (Å²) in [5.74, 6) is 0.621. The third-order valence-electron chi connectivity index (χ3n) is 5.52. The first-order valence-electron chi connectivity index (χ1n) is 9.76. The molecule has 3 N–H and O–H groups in total. The molecule has 144 valence electrons. The number of pyridine rings is 1. The molecule has 0 fully saturated rings. The smallest absolute Gasteiger partial charge is 0.253 e. The van der Waals surface area contributed by atoms with Crippen molar-refractivity contribution >= 4 is 11.6 Å². The Balaban J connectivity index is 1.43. The molecular formula is C23H21N5O. The number of aromatic nitrogens is 3. The number of aryl methyl sites for hydroxylation is 1. The summed E-state index contributed by atoms with van der Waals surface area (Å²) in [4.78, 5) is 13.0. The van der Waals surface area contributed by atoms with Gasteiger partial charge in [0.1, 0.15) is 0 Å². The highest BCUT2D eigenvalue weighted by atomic mass is 16.1. The lowest BCUT2D eigenvalue weighted by atomic mass is 10.0. The molecule has 1 atom stereocenters. The van der Waals surface area contributed by atoms with E-state index in [-0.39, 0.29) is 11.9 Å². The molecule has 0 bridgehead atoms. The standard InChI is InChI=1S/C23H21N5O/c24-13-15-6-9-19-17(12-15)7-10-20(19)25-23(29)18-8-11-21-26-27-22(28(21)14-18)16-4-2-1-3-5-16/h1-6,8-9,11-12,14,20H,7,10,13,24H2,(H,25,29). The molecule has 6 heteroatoms. The van der Waals surface area contributed by atoms with Crippen LogP contribution in [0, 0.1) is 0 Å². The van der Waals surface area contributed by atoms with Crippen molar-refractivity contribution in [3.05, 3.63) is 89.1 Å². The fourth-order valence-corrected chi connectivity index (χ4v) is 4.00. The number of rotatable bonds is 4. The topological polar surface area (TPSA) is 85.3 Å². The molecule has 29 heavy (non-hydrogen) atoms. The molecule has 1 aliphatic rings. The van der Waals surface area contributed by atoms with Crippen LogP contribution < -0.4 is 11.1 Å². The maximum atomic E-state index is 13.0. The van der Waals surface area contributed by atoms with E-state index in [1.807, 2.05) is 46.9 Å². The average molecular weight is 383 g/mol. The second-order valence-corrected chi connectivity index (χ2v) is 7.34. The van der Waals surface area contributed by atoms with Gasteiger partial charge in [-0.15, -0.1) is 10.2 Å². The van der Waals surface area contributed by atoms with E-state index in [0.717, 1.165) is 29.8 Å². The van der Waals surface area contributed by atoms with E-state index < -0.39 is 0 Å². The molecular weight excluding hydrogens is 362 g/mol. The van der Waals surface area contributed by atoms with Gasteiger partial charge in [-0.05, 0) is 41.7 Å². The van der Waals surface area contributed by atoms with Crippen molar-refractivity contribution in [2.24, 2.45) is 5.73 Å². The Kier molecular flexibility index (Phi) is 4.33. The molecule has 1 aliphatic carbocycles. The molecule has 2 heterocycles. The van der Waals surface area contributed by atoms with Gasteiger partial charge < -0.3 is 11.1 Å². The SMILES string of the molecule is NCc1ccc2c(c1)CCC2NC(=O)c1ccc2nnc(-c3ccccc3)n2c1. The Hall–Kier alpha value is -3.51. The molecule has 2 aromatic heterocycles. The summed E-state index contributed by atoms with van der Waals surface area (Å²) < 4.78 is 1.86. The summed E-state index contributed by atoms with van der Waals surface area (Å²) in [6.07, 6.45) is 3.66. The molecule has 4 aromatic rings. The number of hydrogen-bond acceptors (Lipinski definition) is 4.